The van der Waals surface area contributed by atoms with Crippen LogP contribution in [-0.2, 0) is 4.74 Å². The Bertz CT molecular complexity index is 213. The highest BCUT2D eigenvalue weighted by molar-refractivity contribution is 4.98. The van der Waals surface area contributed by atoms with Gasteiger partial charge in [-0.25, -0.2) is 0 Å². The van der Waals surface area contributed by atoms with Gasteiger partial charge in [-0.2, -0.15) is 0 Å². The summed E-state index contributed by atoms with van der Waals surface area (Å²) >= 11 is 0. The van der Waals surface area contributed by atoms with Gasteiger partial charge >= 0.3 is 0 Å². The monoisotopic (exact) mass is 208 g/mol. The van der Waals surface area contributed by atoms with E-state index in [1.165, 1.54) is 38.5 Å². The lowest BCUT2D eigenvalue weighted by Crippen LogP contribution is -2.32. The zero-order chi connectivity index (χ0) is 10.4. The molecule has 0 radical (unpaired) electrons. The highest BCUT2D eigenvalue weighted by atomic mass is 16.5. The summed E-state index contributed by atoms with van der Waals surface area (Å²) in [5.74, 6) is 3.48. The smallest absolute Gasteiger partial charge is 0.0636 e. The highest BCUT2D eigenvalue weighted by Gasteiger charge is 2.49. The van der Waals surface area contributed by atoms with Crippen LogP contribution in [0.25, 0.3) is 0 Å². The number of hydrogen-bond donors (Lipinski definition) is 0. The Morgan fingerprint density at radius 2 is 1.20 bits per heavy atom. The fraction of sp³-hybridized carbons (Fsp3) is 1.00. The Balaban J connectivity index is 1.81. The molecule has 2 aliphatic carbocycles. The summed E-state index contributed by atoms with van der Waals surface area (Å²) in [6.45, 7) is 4.80. The topological polar surface area (TPSA) is 9.23 Å². The molecule has 0 aromatic rings. The third kappa shape index (κ3) is 1.54. The second kappa shape index (κ2) is 3.76. The lowest BCUT2D eigenvalue weighted by Gasteiger charge is -2.34. The van der Waals surface area contributed by atoms with Gasteiger partial charge in [-0.05, 0) is 49.4 Å². The summed E-state index contributed by atoms with van der Waals surface area (Å²) < 4.78 is 6.39. The molecule has 1 heterocycles. The van der Waals surface area contributed by atoms with Gasteiger partial charge in [0.2, 0.25) is 0 Å². The van der Waals surface area contributed by atoms with E-state index in [-0.39, 0.29) is 0 Å². The van der Waals surface area contributed by atoms with Crippen molar-refractivity contribution >= 4 is 0 Å². The number of fused-ring (bicyclic) bond motifs is 3. The molecule has 15 heavy (non-hydrogen) atoms. The number of rotatable bonds is 0. The molecule has 6 unspecified atom stereocenters. The van der Waals surface area contributed by atoms with Crippen LogP contribution in [0, 0.1) is 23.7 Å². The van der Waals surface area contributed by atoms with E-state index in [2.05, 4.69) is 13.8 Å². The van der Waals surface area contributed by atoms with E-state index in [0.717, 1.165) is 23.7 Å². The van der Waals surface area contributed by atoms with Crippen LogP contribution in [0.3, 0.4) is 0 Å². The van der Waals surface area contributed by atoms with Gasteiger partial charge in [0.1, 0.15) is 0 Å². The summed E-state index contributed by atoms with van der Waals surface area (Å²) in [7, 11) is 0. The van der Waals surface area contributed by atoms with Gasteiger partial charge in [0.15, 0.2) is 0 Å². The third-order valence-electron chi connectivity index (χ3n) is 5.22. The lowest BCUT2D eigenvalue weighted by molar-refractivity contribution is -0.0405. The Morgan fingerprint density at radius 1 is 0.733 bits per heavy atom. The van der Waals surface area contributed by atoms with Crippen molar-refractivity contribution in [2.45, 2.75) is 64.6 Å². The summed E-state index contributed by atoms with van der Waals surface area (Å²) in [6.07, 6.45) is 9.83. The van der Waals surface area contributed by atoms with Crippen LogP contribution in [0.2, 0.25) is 0 Å². The first-order valence-electron chi connectivity index (χ1n) is 6.93. The molecule has 6 atom stereocenters. The summed E-state index contributed by atoms with van der Waals surface area (Å²) in [6, 6.07) is 0. The summed E-state index contributed by atoms with van der Waals surface area (Å²) in [4.78, 5) is 0. The van der Waals surface area contributed by atoms with Crippen molar-refractivity contribution in [3.05, 3.63) is 0 Å². The quantitative estimate of drug-likeness (QED) is 0.590. The minimum absolute atomic E-state index is 0.620. The molecule has 3 aliphatic rings. The second-order valence-corrected chi connectivity index (χ2v) is 6.21. The minimum Gasteiger partial charge on any atom is -0.374 e. The molecule has 0 spiro atoms. The molecule has 1 aliphatic heterocycles. The van der Waals surface area contributed by atoms with Gasteiger partial charge < -0.3 is 4.74 Å². The molecule has 0 amide bonds. The molecule has 0 aromatic heterocycles. The minimum atomic E-state index is 0.620. The fourth-order valence-corrected chi connectivity index (χ4v) is 4.42. The first-order chi connectivity index (χ1) is 7.27. The zero-order valence-corrected chi connectivity index (χ0v) is 10.1. The predicted octanol–water partition coefficient (Wildman–Crippen LogP) is 3.63. The van der Waals surface area contributed by atoms with Crippen molar-refractivity contribution in [2.75, 3.05) is 0 Å². The van der Waals surface area contributed by atoms with Crippen molar-refractivity contribution in [3.8, 4) is 0 Å². The molecule has 86 valence electrons. The molecular weight excluding hydrogens is 184 g/mol. The zero-order valence-electron chi connectivity index (χ0n) is 10.1. The highest BCUT2D eigenvalue weighted by Crippen LogP contribution is 2.50. The van der Waals surface area contributed by atoms with Crippen LogP contribution in [0.5, 0.6) is 0 Å². The van der Waals surface area contributed by atoms with E-state index >= 15 is 0 Å². The van der Waals surface area contributed by atoms with Gasteiger partial charge in [0.05, 0.1) is 12.2 Å². The standard InChI is InChI=1S/C14H24O/c1-9-5-3-7-11-12-8-4-6-10(2)14(12)15-13(9)11/h9-14H,3-8H2,1-2H3. The van der Waals surface area contributed by atoms with Crippen LogP contribution in [-0.4, -0.2) is 12.2 Å². The average molecular weight is 208 g/mol. The third-order valence-corrected chi connectivity index (χ3v) is 5.22. The molecule has 1 heteroatoms. The second-order valence-electron chi connectivity index (χ2n) is 6.21. The van der Waals surface area contributed by atoms with E-state index < -0.39 is 0 Å². The Hall–Kier alpha value is -0.0400. The number of hydrogen-bond acceptors (Lipinski definition) is 1. The van der Waals surface area contributed by atoms with E-state index in [0.29, 0.717) is 12.2 Å². The first-order valence-corrected chi connectivity index (χ1v) is 6.93. The van der Waals surface area contributed by atoms with Gasteiger partial charge in [-0.1, -0.05) is 26.7 Å². The molecule has 0 N–H and O–H groups in total. The van der Waals surface area contributed by atoms with Crippen molar-refractivity contribution in [2.24, 2.45) is 23.7 Å². The molecule has 0 bridgehead atoms. The van der Waals surface area contributed by atoms with Crippen LogP contribution in [0.15, 0.2) is 0 Å². The first kappa shape index (κ1) is 10.1. The maximum atomic E-state index is 6.39. The summed E-state index contributed by atoms with van der Waals surface area (Å²) in [5.41, 5.74) is 0. The van der Waals surface area contributed by atoms with Crippen molar-refractivity contribution in [3.63, 3.8) is 0 Å². The van der Waals surface area contributed by atoms with E-state index in [1.807, 2.05) is 0 Å². The average Bonchev–Trinajstić information content (AvgIpc) is 2.60. The Labute approximate surface area is 93.6 Å². The van der Waals surface area contributed by atoms with Gasteiger partial charge in [-0.3, -0.25) is 0 Å². The van der Waals surface area contributed by atoms with E-state index in [4.69, 9.17) is 4.74 Å². The maximum absolute atomic E-state index is 6.39. The van der Waals surface area contributed by atoms with Gasteiger partial charge in [-0.15, -0.1) is 0 Å². The van der Waals surface area contributed by atoms with Crippen LogP contribution in [0.4, 0.5) is 0 Å². The lowest BCUT2D eigenvalue weighted by atomic mass is 9.69. The Kier molecular flexibility index (Phi) is 2.54. The van der Waals surface area contributed by atoms with Crippen LogP contribution in [0.1, 0.15) is 52.4 Å². The summed E-state index contributed by atoms with van der Waals surface area (Å²) in [5, 5.41) is 0. The normalized spacial score (nSPS) is 54.8. The molecule has 1 saturated heterocycles. The largest absolute Gasteiger partial charge is 0.374 e. The molecule has 3 fully saturated rings. The van der Waals surface area contributed by atoms with Gasteiger partial charge in [0, 0.05) is 0 Å². The molecule has 3 rings (SSSR count). The molecular formula is C14H24O. The fourth-order valence-electron chi connectivity index (χ4n) is 4.42. The van der Waals surface area contributed by atoms with E-state index in [9.17, 15) is 0 Å². The SMILES string of the molecule is CC1CCCC2C3CCCC(C)C3OC12. The molecule has 0 aromatic carbocycles. The van der Waals surface area contributed by atoms with Gasteiger partial charge in [0.25, 0.3) is 0 Å². The van der Waals surface area contributed by atoms with E-state index in [1.54, 1.807) is 0 Å². The van der Waals surface area contributed by atoms with Crippen molar-refractivity contribution in [1.29, 1.82) is 0 Å². The predicted molar refractivity (Wildman–Crippen MR) is 61.7 cm³/mol. The van der Waals surface area contributed by atoms with Crippen LogP contribution >= 0.6 is 0 Å². The number of ether oxygens (including phenoxy) is 1. The van der Waals surface area contributed by atoms with Crippen LogP contribution < -0.4 is 0 Å². The van der Waals surface area contributed by atoms with Crippen molar-refractivity contribution in [1.82, 2.24) is 0 Å². The Morgan fingerprint density at radius 3 is 1.67 bits per heavy atom. The molecule has 2 saturated carbocycles. The van der Waals surface area contributed by atoms with Crippen molar-refractivity contribution < 1.29 is 4.74 Å². The molecule has 1 nitrogen and oxygen atoms in total. The maximum Gasteiger partial charge on any atom is 0.0636 e.